The van der Waals surface area contributed by atoms with Crippen molar-refractivity contribution in [1.29, 1.82) is 0 Å². The predicted octanol–water partition coefficient (Wildman–Crippen LogP) is 14.2. The third kappa shape index (κ3) is 18.5. The molecule has 7 aliphatic rings. The Hall–Kier alpha value is -2.94. The summed E-state index contributed by atoms with van der Waals surface area (Å²) < 4.78 is 5.39. The zero-order valence-electron chi connectivity index (χ0n) is 39.9. The Labute approximate surface area is 381 Å². The van der Waals surface area contributed by atoms with Crippen LogP contribution in [-0.4, -0.2) is 47.3 Å². The van der Waals surface area contributed by atoms with Gasteiger partial charge in [0.05, 0.1) is 5.41 Å². The van der Waals surface area contributed by atoms with Gasteiger partial charge in [0.15, 0.2) is 0 Å². The number of ether oxygens (including phenoxy) is 1. The summed E-state index contributed by atoms with van der Waals surface area (Å²) in [5.41, 5.74) is 2.62. The van der Waals surface area contributed by atoms with Gasteiger partial charge in [-0.05, 0) is 126 Å². The molecule has 0 saturated heterocycles. The molecule has 0 aromatic heterocycles. The van der Waals surface area contributed by atoms with E-state index in [2.05, 4.69) is 18.0 Å². The maximum atomic E-state index is 13.2. The van der Waals surface area contributed by atoms with Crippen molar-refractivity contribution in [2.24, 2.45) is 40.9 Å². The first-order valence-corrected chi connectivity index (χ1v) is 25.9. The maximum absolute atomic E-state index is 13.2. The fourth-order valence-electron chi connectivity index (χ4n) is 12.5. The average molecular weight is 881 g/mol. The van der Waals surface area contributed by atoms with Crippen molar-refractivity contribution < 1.29 is 43.9 Å². The second-order valence-electron chi connectivity index (χ2n) is 20.8. The number of carbonyl (C=O) groups excluding carboxylic acids is 2. The van der Waals surface area contributed by atoms with Crippen molar-refractivity contribution in [3.63, 3.8) is 0 Å². The number of carboxylic acids is 2. The molecule has 9 nitrogen and oxygen atoms in total. The second kappa shape index (κ2) is 28.9. The lowest BCUT2D eigenvalue weighted by Crippen LogP contribution is -2.50. The van der Waals surface area contributed by atoms with Crippen LogP contribution in [0.3, 0.4) is 0 Å². The van der Waals surface area contributed by atoms with Crippen molar-refractivity contribution in [3.8, 4) is 0 Å². The van der Waals surface area contributed by atoms with Crippen LogP contribution in [0.5, 0.6) is 0 Å². The van der Waals surface area contributed by atoms with Crippen LogP contribution in [0.1, 0.15) is 226 Å². The summed E-state index contributed by atoms with van der Waals surface area (Å²) in [5, 5.41) is 18.7. The molecule has 4 bridgehead atoms. The standard InChI is InChI=1S/C33H58O2.C17H24O5.C4H6O2/c34-33(35)32(30-26-20-14-8-3-9-15-21-27-30)31(28-22-16-10-4-1-5-11-17-23-28)29-24-18-12-6-2-7-13-19-25-29;1-11(2)15(18)22-21-4-3-20-16(19)17-8-12-5-13(9-17)7-14(6-12)10-17;1-3(2)4(5)6/h28-30H,1-27H2,(H,34,35);12-14H,1,3-10H2,2H3;1H2,2H3,(H,5,6). The molecule has 0 aromatic carbocycles. The van der Waals surface area contributed by atoms with Gasteiger partial charge in [0.1, 0.15) is 13.2 Å². The van der Waals surface area contributed by atoms with Crippen molar-refractivity contribution >= 4 is 23.9 Å². The molecule has 0 aromatic rings. The fraction of sp³-hybridized carbons (Fsp3) is 0.815. The van der Waals surface area contributed by atoms with E-state index in [4.69, 9.17) is 14.7 Å². The summed E-state index contributed by atoms with van der Waals surface area (Å²) in [6, 6.07) is 0. The zero-order valence-corrected chi connectivity index (χ0v) is 39.9. The van der Waals surface area contributed by atoms with Crippen LogP contribution in [0, 0.1) is 40.9 Å². The number of hydrogen-bond acceptors (Lipinski definition) is 7. The van der Waals surface area contributed by atoms with Gasteiger partial charge in [-0.15, -0.1) is 0 Å². The Morgan fingerprint density at radius 3 is 1.14 bits per heavy atom. The quantitative estimate of drug-likeness (QED) is 0.0683. The SMILES string of the molecule is C=C(C)C(=O)O.C=C(C)C(=O)OOCCOC(=O)C12CC3CC(CC(C3)C1)C2.O=C(O)C(=C(C1CCCCCCCCC1)C1CCCCCCCCC1)C1CCCCCCCCC1. The molecule has 0 amide bonds. The number of rotatable bonds is 11. The highest BCUT2D eigenvalue weighted by Crippen LogP contribution is 2.60. The van der Waals surface area contributed by atoms with Crippen LogP contribution in [0.4, 0.5) is 0 Å². The summed E-state index contributed by atoms with van der Waals surface area (Å²) in [5.74, 6) is 1.33. The van der Waals surface area contributed by atoms with Gasteiger partial charge in [0.25, 0.3) is 0 Å². The van der Waals surface area contributed by atoms with Crippen LogP contribution in [0.15, 0.2) is 35.5 Å². The lowest BCUT2D eigenvalue weighted by molar-refractivity contribution is -0.272. The minimum absolute atomic E-state index is 0.0527. The molecule has 0 aliphatic heterocycles. The second-order valence-corrected chi connectivity index (χ2v) is 20.8. The Bertz CT molecular complexity index is 1370. The van der Waals surface area contributed by atoms with Gasteiger partial charge in [-0.2, -0.15) is 4.89 Å². The van der Waals surface area contributed by atoms with Gasteiger partial charge in [0.2, 0.25) is 0 Å². The lowest BCUT2D eigenvalue weighted by atomic mass is 9.49. The molecular weight excluding hydrogens is 793 g/mol. The Balaban J connectivity index is 0.000000263. The monoisotopic (exact) mass is 881 g/mol. The molecule has 9 heteroatoms. The van der Waals surface area contributed by atoms with E-state index >= 15 is 0 Å². The molecule has 0 atom stereocenters. The third-order valence-corrected chi connectivity index (χ3v) is 15.4. The van der Waals surface area contributed by atoms with Gasteiger partial charge in [0, 0.05) is 16.7 Å². The van der Waals surface area contributed by atoms with E-state index in [1.54, 1.807) is 6.92 Å². The normalized spacial score (nSPS) is 26.8. The van der Waals surface area contributed by atoms with Gasteiger partial charge in [-0.25, -0.2) is 14.4 Å². The van der Waals surface area contributed by atoms with E-state index in [1.807, 2.05) is 0 Å². The summed E-state index contributed by atoms with van der Waals surface area (Å²) in [6.45, 7) is 9.76. The number of carboxylic acid groups (broad SMARTS) is 2. The highest BCUT2D eigenvalue weighted by molar-refractivity contribution is 5.88. The molecule has 0 radical (unpaired) electrons. The van der Waals surface area contributed by atoms with Gasteiger partial charge >= 0.3 is 23.9 Å². The molecule has 7 saturated carbocycles. The van der Waals surface area contributed by atoms with Crippen LogP contribution >= 0.6 is 0 Å². The molecular formula is C54H88O9. The molecule has 0 spiro atoms. The van der Waals surface area contributed by atoms with Gasteiger partial charge in [-0.3, -0.25) is 9.68 Å². The summed E-state index contributed by atoms with van der Waals surface area (Å²) in [4.78, 5) is 55.6. The maximum Gasteiger partial charge on any atom is 0.368 e. The zero-order chi connectivity index (χ0) is 45.5. The van der Waals surface area contributed by atoms with Crippen LogP contribution in [0.25, 0.3) is 0 Å². The molecule has 0 heterocycles. The molecule has 63 heavy (non-hydrogen) atoms. The molecule has 0 unspecified atom stereocenters. The third-order valence-electron chi connectivity index (χ3n) is 15.4. The minimum Gasteiger partial charge on any atom is -0.478 e. The highest BCUT2D eigenvalue weighted by atomic mass is 17.2. The summed E-state index contributed by atoms with van der Waals surface area (Å²) in [7, 11) is 0. The lowest BCUT2D eigenvalue weighted by Gasteiger charge is -2.55. The summed E-state index contributed by atoms with van der Waals surface area (Å²) in [6.07, 6.45) is 42.1. The highest BCUT2D eigenvalue weighted by Gasteiger charge is 2.55. The van der Waals surface area contributed by atoms with E-state index < -0.39 is 17.9 Å². The van der Waals surface area contributed by atoms with Crippen LogP contribution in [0.2, 0.25) is 0 Å². The number of allylic oxidation sites excluding steroid dienone is 1. The molecule has 7 rings (SSSR count). The van der Waals surface area contributed by atoms with E-state index in [1.165, 1.54) is 192 Å². The van der Waals surface area contributed by atoms with Crippen molar-refractivity contribution in [2.45, 2.75) is 226 Å². The van der Waals surface area contributed by atoms with Crippen LogP contribution < -0.4 is 0 Å². The topological polar surface area (TPSA) is 136 Å². The Kier molecular flexibility index (Phi) is 24.1. The first-order chi connectivity index (χ1) is 30.4. The molecule has 358 valence electrons. The number of esters is 1. The van der Waals surface area contributed by atoms with Crippen molar-refractivity contribution in [1.82, 2.24) is 0 Å². The van der Waals surface area contributed by atoms with Crippen molar-refractivity contribution in [3.05, 3.63) is 35.5 Å². The average Bonchev–Trinajstić information content (AvgIpc) is 3.25. The van der Waals surface area contributed by atoms with Gasteiger partial charge in [-0.1, -0.05) is 154 Å². The minimum atomic E-state index is -0.935. The largest absolute Gasteiger partial charge is 0.478 e. The molecule has 7 aliphatic carbocycles. The van der Waals surface area contributed by atoms with E-state index in [-0.39, 0.29) is 35.7 Å². The van der Waals surface area contributed by atoms with E-state index in [0.717, 1.165) is 37.7 Å². The van der Waals surface area contributed by atoms with Crippen LogP contribution in [-0.2, 0) is 33.7 Å². The number of aliphatic carboxylic acids is 2. The van der Waals surface area contributed by atoms with Crippen molar-refractivity contribution in [2.75, 3.05) is 13.2 Å². The van der Waals surface area contributed by atoms with E-state index in [9.17, 15) is 24.3 Å². The van der Waals surface area contributed by atoms with E-state index in [0.29, 0.717) is 35.5 Å². The molecule has 7 fully saturated rings. The predicted molar refractivity (Wildman–Crippen MR) is 251 cm³/mol. The molecule has 2 N–H and O–H groups in total. The number of carbonyl (C=O) groups is 4. The smallest absolute Gasteiger partial charge is 0.368 e. The number of hydrogen-bond donors (Lipinski definition) is 2. The Morgan fingerprint density at radius 1 is 0.492 bits per heavy atom. The fourth-order valence-corrected chi connectivity index (χ4v) is 12.5. The van der Waals surface area contributed by atoms with Gasteiger partial charge < -0.3 is 14.9 Å². The first kappa shape index (κ1) is 52.7. The first-order valence-electron chi connectivity index (χ1n) is 25.9. The summed E-state index contributed by atoms with van der Waals surface area (Å²) >= 11 is 0. The Morgan fingerprint density at radius 2 is 0.825 bits per heavy atom.